The number of amides is 1. The molecule has 0 aliphatic carbocycles. The van der Waals surface area contributed by atoms with Crippen LogP contribution in [-0.2, 0) is 0 Å². The molecule has 0 heterocycles. The fourth-order valence-corrected chi connectivity index (χ4v) is 2.34. The van der Waals surface area contributed by atoms with Crippen molar-refractivity contribution in [2.45, 2.75) is 13.8 Å². The van der Waals surface area contributed by atoms with E-state index < -0.39 is 0 Å². The quantitative estimate of drug-likeness (QED) is 0.819. The largest absolute Gasteiger partial charge is 0.492 e. The summed E-state index contributed by atoms with van der Waals surface area (Å²) in [6.07, 6.45) is 0. The predicted octanol–water partition coefficient (Wildman–Crippen LogP) is 5.06. The molecule has 0 aromatic heterocycles. The maximum Gasteiger partial charge on any atom is 0.255 e. The minimum Gasteiger partial charge on any atom is -0.492 e. The average Bonchev–Trinajstić information content (AvgIpc) is 2.45. The molecule has 2 rings (SSSR count). The molecule has 0 fully saturated rings. The molecule has 3 nitrogen and oxygen atoms in total. The van der Waals surface area contributed by atoms with Gasteiger partial charge < -0.3 is 10.1 Å². The van der Waals surface area contributed by atoms with E-state index in [2.05, 4.69) is 21.2 Å². The molecule has 0 spiro atoms. The molecule has 21 heavy (non-hydrogen) atoms. The fourth-order valence-electron chi connectivity index (χ4n) is 1.84. The van der Waals surface area contributed by atoms with E-state index in [1.165, 1.54) is 0 Å². The standard InChI is InChI=1S/C16H15BrClNO2/c1-3-21-15-8-10(2)4-7-14(15)19-16(20)11-5-6-13(18)12(17)9-11/h4-9H,3H2,1-2H3,(H,19,20). The minimum absolute atomic E-state index is 0.211. The summed E-state index contributed by atoms with van der Waals surface area (Å²) in [6.45, 7) is 4.42. The van der Waals surface area contributed by atoms with Gasteiger partial charge in [-0.25, -0.2) is 0 Å². The van der Waals surface area contributed by atoms with Crippen LogP contribution in [0.15, 0.2) is 40.9 Å². The molecule has 0 aliphatic rings. The van der Waals surface area contributed by atoms with Gasteiger partial charge >= 0.3 is 0 Å². The fraction of sp³-hybridized carbons (Fsp3) is 0.188. The molecule has 0 saturated heterocycles. The predicted molar refractivity (Wildman–Crippen MR) is 89.5 cm³/mol. The van der Waals surface area contributed by atoms with Gasteiger partial charge in [-0.1, -0.05) is 17.7 Å². The van der Waals surface area contributed by atoms with E-state index in [0.717, 1.165) is 5.56 Å². The van der Waals surface area contributed by atoms with E-state index in [-0.39, 0.29) is 5.91 Å². The third-order valence-electron chi connectivity index (χ3n) is 2.87. The third-order valence-corrected chi connectivity index (χ3v) is 4.08. The molecule has 5 heteroatoms. The molecule has 1 N–H and O–H groups in total. The van der Waals surface area contributed by atoms with Gasteiger partial charge in [0.15, 0.2) is 0 Å². The molecule has 0 saturated carbocycles. The molecular weight excluding hydrogens is 354 g/mol. The summed E-state index contributed by atoms with van der Waals surface area (Å²) in [5, 5.41) is 3.42. The van der Waals surface area contributed by atoms with E-state index >= 15 is 0 Å². The smallest absolute Gasteiger partial charge is 0.255 e. The van der Waals surface area contributed by atoms with Gasteiger partial charge in [-0.15, -0.1) is 0 Å². The number of benzene rings is 2. The first-order valence-electron chi connectivity index (χ1n) is 6.51. The maximum absolute atomic E-state index is 12.3. The van der Waals surface area contributed by atoms with Crippen molar-refractivity contribution in [1.29, 1.82) is 0 Å². The van der Waals surface area contributed by atoms with Gasteiger partial charge in [0.2, 0.25) is 0 Å². The van der Waals surface area contributed by atoms with Gasteiger partial charge in [-0.2, -0.15) is 0 Å². The van der Waals surface area contributed by atoms with Crippen molar-refractivity contribution >= 4 is 39.1 Å². The number of hydrogen-bond donors (Lipinski definition) is 1. The van der Waals surface area contributed by atoms with E-state index in [1.807, 2.05) is 32.0 Å². The molecule has 0 aliphatic heterocycles. The van der Waals surface area contributed by atoms with Gasteiger partial charge in [0.1, 0.15) is 5.75 Å². The SMILES string of the molecule is CCOc1cc(C)ccc1NC(=O)c1ccc(Cl)c(Br)c1. The van der Waals surface area contributed by atoms with E-state index in [9.17, 15) is 4.79 Å². The van der Waals surface area contributed by atoms with E-state index in [0.29, 0.717) is 33.1 Å². The number of nitrogens with one attached hydrogen (secondary N) is 1. The molecule has 0 radical (unpaired) electrons. The van der Waals surface area contributed by atoms with Gasteiger partial charge in [0.05, 0.1) is 17.3 Å². The molecule has 2 aromatic rings. The number of anilines is 1. The van der Waals surface area contributed by atoms with Crippen LogP contribution in [-0.4, -0.2) is 12.5 Å². The van der Waals surface area contributed by atoms with Crippen LogP contribution < -0.4 is 10.1 Å². The second kappa shape index (κ2) is 6.96. The zero-order valence-corrected chi connectivity index (χ0v) is 14.1. The Morgan fingerprint density at radius 2 is 2.05 bits per heavy atom. The van der Waals surface area contributed by atoms with Crippen molar-refractivity contribution in [3.8, 4) is 5.75 Å². The topological polar surface area (TPSA) is 38.3 Å². The molecule has 0 unspecified atom stereocenters. The second-order valence-corrected chi connectivity index (χ2v) is 5.78. The lowest BCUT2D eigenvalue weighted by atomic mass is 10.2. The molecule has 1 amide bonds. The zero-order chi connectivity index (χ0) is 15.4. The lowest BCUT2D eigenvalue weighted by Gasteiger charge is -2.12. The zero-order valence-electron chi connectivity index (χ0n) is 11.7. The number of aryl methyl sites for hydroxylation is 1. The first kappa shape index (κ1) is 15.9. The highest BCUT2D eigenvalue weighted by molar-refractivity contribution is 9.10. The lowest BCUT2D eigenvalue weighted by Crippen LogP contribution is -2.13. The number of ether oxygens (including phenoxy) is 1. The van der Waals surface area contributed by atoms with Crippen LogP contribution in [0.1, 0.15) is 22.8 Å². The van der Waals surface area contributed by atoms with Crippen LogP contribution >= 0.6 is 27.5 Å². The van der Waals surface area contributed by atoms with E-state index in [1.54, 1.807) is 18.2 Å². The van der Waals surface area contributed by atoms with Gasteiger partial charge in [-0.3, -0.25) is 4.79 Å². The molecular formula is C16H15BrClNO2. The maximum atomic E-state index is 12.3. The van der Waals surface area contributed by atoms with Gasteiger partial charge in [-0.05, 0) is 65.7 Å². The number of halogens is 2. The number of carbonyl (C=O) groups excluding carboxylic acids is 1. The van der Waals surface area contributed by atoms with Crippen LogP contribution in [0.5, 0.6) is 5.75 Å². The minimum atomic E-state index is -0.211. The number of carbonyl (C=O) groups is 1. The Kier molecular flexibility index (Phi) is 5.26. The first-order chi connectivity index (χ1) is 10.0. The average molecular weight is 369 g/mol. The number of hydrogen-bond acceptors (Lipinski definition) is 2. The Hall–Kier alpha value is -1.52. The highest BCUT2D eigenvalue weighted by Crippen LogP contribution is 2.27. The molecule has 2 aromatic carbocycles. The van der Waals surface area contributed by atoms with Gasteiger partial charge in [0, 0.05) is 10.0 Å². The van der Waals surface area contributed by atoms with Crippen LogP contribution in [0.3, 0.4) is 0 Å². The summed E-state index contributed by atoms with van der Waals surface area (Å²) < 4.78 is 6.24. The van der Waals surface area contributed by atoms with Crippen LogP contribution in [0, 0.1) is 6.92 Å². The molecule has 0 atom stereocenters. The summed E-state index contributed by atoms with van der Waals surface area (Å²) in [7, 11) is 0. The Bertz CT molecular complexity index is 673. The van der Waals surface area contributed by atoms with Crippen molar-refractivity contribution in [2.24, 2.45) is 0 Å². The Morgan fingerprint density at radius 1 is 1.29 bits per heavy atom. The Labute approximate surface area is 137 Å². The lowest BCUT2D eigenvalue weighted by molar-refractivity contribution is 0.102. The highest BCUT2D eigenvalue weighted by atomic mass is 79.9. The monoisotopic (exact) mass is 367 g/mol. The Balaban J connectivity index is 2.24. The van der Waals surface area contributed by atoms with Crippen LogP contribution in [0.4, 0.5) is 5.69 Å². The van der Waals surface area contributed by atoms with Crippen molar-refractivity contribution in [3.63, 3.8) is 0 Å². The summed E-state index contributed by atoms with van der Waals surface area (Å²) in [6, 6.07) is 10.7. The van der Waals surface area contributed by atoms with Gasteiger partial charge in [0.25, 0.3) is 5.91 Å². The van der Waals surface area contributed by atoms with Crippen LogP contribution in [0.25, 0.3) is 0 Å². The van der Waals surface area contributed by atoms with Crippen molar-refractivity contribution in [3.05, 3.63) is 57.0 Å². The molecule has 0 bridgehead atoms. The Morgan fingerprint density at radius 3 is 2.71 bits per heavy atom. The summed E-state index contributed by atoms with van der Waals surface area (Å²) in [5.74, 6) is 0.455. The normalized spacial score (nSPS) is 10.3. The summed E-state index contributed by atoms with van der Waals surface area (Å²) in [5.41, 5.74) is 2.25. The van der Waals surface area contributed by atoms with E-state index in [4.69, 9.17) is 16.3 Å². The second-order valence-electron chi connectivity index (χ2n) is 4.52. The highest BCUT2D eigenvalue weighted by Gasteiger charge is 2.11. The van der Waals surface area contributed by atoms with Crippen LogP contribution in [0.2, 0.25) is 5.02 Å². The molecule has 110 valence electrons. The first-order valence-corrected chi connectivity index (χ1v) is 7.68. The number of rotatable bonds is 4. The third kappa shape index (κ3) is 3.99. The van der Waals surface area contributed by atoms with Crippen molar-refractivity contribution in [2.75, 3.05) is 11.9 Å². The summed E-state index contributed by atoms with van der Waals surface area (Å²) >= 11 is 9.24. The van der Waals surface area contributed by atoms with Crippen molar-refractivity contribution in [1.82, 2.24) is 0 Å². The van der Waals surface area contributed by atoms with Crippen molar-refractivity contribution < 1.29 is 9.53 Å². The summed E-state index contributed by atoms with van der Waals surface area (Å²) in [4.78, 5) is 12.3.